The lowest BCUT2D eigenvalue weighted by Gasteiger charge is -2.02. The lowest BCUT2D eigenvalue weighted by atomic mass is 10.1. The van der Waals surface area contributed by atoms with E-state index in [9.17, 15) is 4.79 Å². The lowest BCUT2D eigenvalue weighted by molar-refractivity contribution is 0.102. The van der Waals surface area contributed by atoms with Crippen LogP contribution in [0.4, 0.5) is 5.13 Å². The third-order valence-electron chi connectivity index (χ3n) is 4.22. The highest BCUT2D eigenvalue weighted by atomic mass is 32.1. The van der Waals surface area contributed by atoms with Gasteiger partial charge in [-0.2, -0.15) is 0 Å². The lowest BCUT2D eigenvalue weighted by Crippen LogP contribution is -2.13. The molecule has 1 amide bonds. The van der Waals surface area contributed by atoms with Gasteiger partial charge in [-0.3, -0.25) is 10.1 Å². The Bertz CT molecular complexity index is 1080. The van der Waals surface area contributed by atoms with Crippen molar-refractivity contribution in [3.05, 3.63) is 65.4 Å². The van der Waals surface area contributed by atoms with E-state index in [1.165, 1.54) is 16.9 Å². The summed E-state index contributed by atoms with van der Waals surface area (Å²) in [5.41, 5.74) is 3.94. The summed E-state index contributed by atoms with van der Waals surface area (Å²) in [7, 11) is 0. The van der Waals surface area contributed by atoms with Gasteiger partial charge < -0.3 is 4.52 Å². The van der Waals surface area contributed by atoms with E-state index in [2.05, 4.69) is 34.5 Å². The van der Waals surface area contributed by atoms with Crippen molar-refractivity contribution in [2.45, 2.75) is 20.3 Å². The number of amides is 1. The summed E-state index contributed by atoms with van der Waals surface area (Å²) in [6.45, 7) is 3.85. The molecule has 0 aliphatic carbocycles. The van der Waals surface area contributed by atoms with Crippen LogP contribution < -0.4 is 5.32 Å². The van der Waals surface area contributed by atoms with E-state index < -0.39 is 0 Å². The number of carbonyl (C=O) groups is 1. The van der Waals surface area contributed by atoms with Gasteiger partial charge in [0.15, 0.2) is 5.13 Å². The second-order valence-electron chi connectivity index (χ2n) is 5.96. The minimum atomic E-state index is -0.266. The first-order valence-electron chi connectivity index (χ1n) is 8.38. The summed E-state index contributed by atoms with van der Waals surface area (Å²) >= 11 is 1.47. The van der Waals surface area contributed by atoms with Gasteiger partial charge in [0.1, 0.15) is 17.0 Å². The molecule has 0 radical (unpaired) electrons. The van der Waals surface area contributed by atoms with E-state index >= 15 is 0 Å². The number of benzene rings is 2. The first kappa shape index (κ1) is 16.5. The van der Waals surface area contributed by atoms with E-state index in [1.807, 2.05) is 36.4 Å². The Hall–Kier alpha value is -2.99. The number of hydrogen-bond donors (Lipinski definition) is 1. The molecule has 0 bridgehead atoms. The molecular formula is C20H17N3O2S. The standard InChI is InChI=1S/C20H17N3O2S/c1-3-13-9-10-15-16(11-13)26-20(21-15)22-19(24)17-12(2)25-23-18(17)14-7-5-4-6-8-14/h4-11H,3H2,1-2H3,(H,21,22,24). The van der Waals surface area contributed by atoms with Crippen molar-refractivity contribution in [1.29, 1.82) is 0 Å². The predicted octanol–water partition coefficient (Wildman–Crippen LogP) is 5.07. The molecule has 26 heavy (non-hydrogen) atoms. The van der Waals surface area contributed by atoms with Crippen molar-refractivity contribution < 1.29 is 9.32 Å². The van der Waals surface area contributed by atoms with Crippen LogP contribution in [0, 0.1) is 6.92 Å². The number of rotatable bonds is 4. The Balaban J connectivity index is 1.66. The average Bonchev–Trinajstić information content (AvgIpc) is 3.24. The summed E-state index contributed by atoms with van der Waals surface area (Å²) in [6, 6.07) is 15.7. The van der Waals surface area contributed by atoms with Crippen molar-refractivity contribution in [3.63, 3.8) is 0 Å². The third kappa shape index (κ3) is 2.99. The first-order chi connectivity index (χ1) is 12.7. The van der Waals surface area contributed by atoms with E-state index in [-0.39, 0.29) is 5.91 Å². The van der Waals surface area contributed by atoms with Crippen LogP contribution in [0.25, 0.3) is 21.5 Å². The molecule has 0 atom stereocenters. The Labute approximate surface area is 154 Å². The summed E-state index contributed by atoms with van der Waals surface area (Å²) in [5.74, 6) is 0.216. The van der Waals surface area contributed by atoms with Gasteiger partial charge in [-0.15, -0.1) is 0 Å². The van der Waals surface area contributed by atoms with Gasteiger partial charge >= 0.3 is 0 Å². The maximum atomic E-state index is 12.8. The molecule has 6 heteroatoms. The van der Waals surface area contributed by atoms with E-state index in [0.717, 1.165) is 22.2 Å². The molecule has 4 aromatic rings. The smallest absolute Gasteiger partial charge is 0.263 e. The zero-order chi connectivity index (χ0) is 18.1. The number of carbonyl (C=O) groups excluding carboxylic acids is 1. The number of fused-ring (bicyclic) bond motifs is 1. The van der Waals surface area contributed by atoms with Gasteiger partial charge in [0.05, 0.1) is 10.2 Å². The van der Waals surface area contributed by atoms with Gasteiger partial charge in [-0.1, -0.05) is 59.8 Å². The van der Waals surface area contributed by atoms with Gasteiger partial charge in [-0.25, -0.2) is 4.98 Å². The predicted molar refractivity (Wildman–Crippen MR) is 104 cm³/mol. The summed E-state index contributed by atoms with van der Waals surface area (Å²) in [5, 5.41) is 7.52. The van der Waals surface area contributed by atoms with Crippen LogP contribution in [0.3, 0.4) is 0 Å². The molecule has 0 aliphatic rings. The van der Waals surface area contributed by atoms with Crippen molar-refractivity contribution in [2.24, 2.45) is 0 Å². The summed E-state index contributed by atoms with van der Waals surface area (Å²) < 4.78 is 6.33. The SMILES string of the molecule is CCc1ccc2nc(NC(=O)c3c(-c4ccccc4)noc3C)sc2c1. The number of nitrogens with one attached hydrogen (secondary N) is 1. The number of aromatic nitrogens is 2. The zero-order valence-corrected chi connectivity index (χ0v) is 15.3. The second-order valence-corrected chi connectivity index (χ2v) is 6.99. The van der Waals surface area contributed by atoms with Crippen LogP contribution in [-0.2, 0) is 6.42 Å². The van der Waals surface area contributed by atoms with E-state index in [1.54, 1.807) is 6.92 Å². The quantitative estimate of drug-likeness (QED) is 0.549. The Morgan fingerprint density at radius 3 is 2.77 bits per heavy atom. The van der Waals surface area contributed by atoms with Crippen molar-refractivity contribution in [1.82, 2.24) is 10.1 Å². The van der Waals surface area contributed by atoms with Crippen LogP contribution in [0.1, 0.15) is 28.6 Å². The van der Waals surface area contributed by atoms with Gasteiger partial charge in [-0.05, 0) is 31.0 Å². The molecule has 0 unspecified atom stereocenters. The van der Waals surface area contributed by atoms with Crippen LogP contribution in [0.5, 0.6) is 0 Å². The van der Waals surface area contributed by atoms with Crippen LogP contribution in [0.2, 0.25) is 0 Å². The highest BCUT2D eigenvalue weighted by Gasteiger charge is 2.22. The van der Waals surface area contributed by atoms with Crippen molar-refractivity contribution in [2.75, 3.05) is 5.32 Å². The molecule has 0 fully saturated rings. The highest BCUT2D eigenvalue weighted by Crippen LogP contribution is 2.29. The minimum Gasteiger partial charge on any atom is -0.360 e. The van der Waals surface area contributed by atoms with E-state index in [4.69, 9.17) is 4.52 Å². The number of hydrogen-bond acceptors (Lipinski definition) is 5. The maximum absolute atomic E-state index is 12.8. The molecule has 2 heterocycles. The van der Waals surface area contributed by atoms with Crippen molar-refractivity contribution >= 4 is 32.6 Å². The fourth-order valence-electron chi connectivity index (χ4n) is 2.83. The van der Waals surface area contributed by atoms with Crippen LogP contribution >= 0.6 is 11.3 Å². The van der Waals surface area contributed by atoms with E-state index in [0.29, 0.717) is 22.1 Å². The largest absolute Gasteiger partial charge is 0.360 e. The molecule has 0 spiro atoms. The fraction of sp³-hybridized carbons (Fsp3) is 0.150. The normalized spacial score (nSPS) is 11.0. The first-order valence-corrected chi connectivity index (χ1v) is 9.20. The highest BCUT2D eigenvalue weighted by molar-refractivity contribution is 7.22. The molecule has 0 saturated carbocycles. The molecule has 130 valence electrons. The molecule has 0 aliphatic heterocycles. The zero-order valence-electron chi connectivity index (χ0n) is 14.4. The number of nitrogens with zero attached hydrogens (tertiary/aromatic N) is 2. The summed E-state index contributed by atoms with van der Waals surface area (Å²) in [6.07, 6.45) is 0.968. The van der Waals surface area contributed by atoms with Gasteiger partial charge in [0.2, 0.25) is 0 Å². The molecular weight excluding hydrogens is 346 g/mol. The monoisotopic (exact) mass is 363 g/mol. The van der Waals surface area contributed by atoms with Gasteiger partial charge in [0.25, 0.3) is 5.91 Å². The molecule has 2 aromatic carbocycles. The second kappa shape index (κ2) is 6.72. The maximum Gasteiger partial charge on any atom is 0.263 e. The van der Waals surface area contributed by atoms with Crippen LogP contribution in [-0.4, -0.2) is 16.0 Å². The molecule has 4 rings (SSSR count). The number of thiazole rings is 1. The topological polar surface area (TPSA) is 68.0 Å². The molecule has 5 nitrogen and oxygen atoms in total. The van der Waals surface area contributed by atoms with Crippen LogP contribution in [0.15, 0.2) is 53.1 Å². The van der Waals surface area contributed by atoms with Gasteiger partial charge in [0, 0.05) is 5.56 Å². The molecule has 2 aromatic heterocycles. The Morgan fingerprint density at radius 1 is 1.19 bits per heavy atom. The fourth-order valence-corrected chi connectivity index (χ4v) is 3.76. The Morgan fingerprint density at radius 2 is 2.00 bits per heavy atom. The number of anilines is 1. The summed E-state index contributed by atoms with van der Waals surface area (Å²) in [4.78, 5) is 17.4. The average molecular weight is 363 g/mol. The molecule has 1 N–H and O–H groups in total. The third-order valence-corrected chi connectivity index (χ3v) is 5.15. The Kier molecular flexibility index (Phi) is 4.26. The van der Waals surface area contributed by atoms with Crippen molar-refractivity contribution in [3.8, 4) is 11.3 Å². The minimum absolute atomic E-state index is 0.266. The molecule has 0 saturated heterocycles. The number of aryl methyl sites for hydroxylation is 2.